The van der Waals surface area contributed by atoms with Crippen LogP contribution in [0, 0.1) is 0 Å². The average molecular weight is 617 g/mol. The molecule has 188 valence electrons. The van der Waals surface area contributed by atoms with E-state index in [2.05, 4.69) is 95.7 Å². The van der Waals surface area contributed by atoms with Crippen molar-refractivity contribution in [2.75, 3.05) is 0 Å². The molecule has 0 bridgehead atoms. The van der Waals surface area contributed by atoms with Crippen LogP contribution in [0.3, 0.4) is 0 Å². The van der Waals surface area contributed by atoms with Gasteiger partial charge in [0, 0.05) is 28.6 Å². The molecule has 0 radical (unpaired) electrons. The number of hydrogen-bond donors (Lipinski definition) is 0. The Morgan fingerprint density at radius 2 is 0.775 bits per heavy atom. The lowest BCUT2D eigenvalue weighted by molar-refractivity contribution is 1.76. The van der Waals surface area contributed by atoms with Gasteiger partial charge in [0.1, 0.15) is 0 Å². The van der Waals surface area contributed by atoms with Crippen LogP contribution in [0.5, 0.6) is 0 Å². The molecule has 0 nitrogen and oxygen atoms in total. The van der Waals surface area contributed by atoms with Gasteiger partial charge in [0.2, 0.25) is 0 Å². The highest BCUT2D eigenvalue weighted by atomic mass is 32.1. The van der Waals surface area contributed by atoms with Gasteiger partial charge in [-0.1, -0.05) is 24.3 Å². The van der Waals surface area contributed by atoms with E-state index in [1.807, 2.05) is 68.0 Å². The smallest absolute Gasteiger partial charge is 0.0635 e. The molecule has 4 aromatic carbocycles. The normalized spacial score (nSPS) is 12.5. The summed E-state index contributed by atoms with van der Waals surface area (Å²) in [6, 6.07) is 32.6. The Bertz CT molecular complexity index is 2430. The molecule has 40 heavy (non-hydrogen) atoms. The van der Waals surface area contributed by atoms with Crippen molar-refractivity contribution in [3.8, 4) is 20.9 Å². The van der Waals surface area contributed by atoms with E-state index >= 15 is 0 Å². The highest BCUT2D eigenvalue weighted by molar-refractivity contribution is 7.39. The Kier molecular flexibility index (Phi) is 4.64. The van der Waals surface area contributed by atoms with E-state index in [1.165, 1.54) is 90.8 Å². The van der Waals surface area contributed by atoms with E-state index in [4.69, 9.17) is 0 Å². The van der Waals surface area contributed by atoms with Crippen LogP contribution < -0.4 is 0 Å². The molecule has 0 fully saturated rings. The topological polar surface area (TPSA) is 0 Å². The third kappa shape index (κ3) is 3.26. The second kappa shape index (κ2) is 8.23. The number of benzene rings is 4. The molecule has 6 heterocycles. The van der Waals surface area contributed by atoms with Crippen LogP contribution in [-0.4, -0.2) is 0 Å². The third-order valence-corrected chi connectivity index (χ3v) is 15.1. The molecule has 0 aliphatic heterocycles. The van der Waals surface area contributed by atoms with E-state index in [0.29, 0.717) is 0 Å². The monoisotopic (exact) mass is 616 g/mol. The highest BCUT2D eigenvalue weighted by Crippen LogP contribution is 2.47. The maximum atomic E-state index is 2.38. The van der Waals surface area contributed by atoms with Gasteiger partial charge in [-0.3, -0.25) is 0 Å². The van der Waals surface area contributed by atoms with Crippen molar-refractivity contribution in [3.63, 3.8) is 0 Å². The van der Waals surface area contributed by atoms with E-state index in [0.717, 1.165) is 0 Å². The van der Waals surface area contributed by atoms with Crippen LogP contribution in [0.25, 0.3) is 90.8 Å². The number of rotatable bonds is 2. The first-order valence-electron chi connectivity index (χ1n) is 12.9. The Hall–Kier alpha value is -3.10. The van der Waals surface area contributed by atoms with Crippen molar-refractivity contribution in [1.29, 1.82) is 0 Å². The minimum Gasteiger partial charge on any atom is -0.141 e. The Balaban J connectivity index is 1.07. The van der Waals surface area contributed by atoms with Crippen molar-refractivity contribution in [2.45, 2.75) is 0 Å². The molecule has 0 atom stereocenters. The van der Waals surface area contributed by atoms with Crippen LogP contribution in [0.15, 0.2) is 95.7 Å². The summed E-state index contributed by atoms with van der Waals surface area (Å²) in [5.41, 5.74) is 2.62. The predicted octanol–water partition coefficient (Wildman–Crippen LogP) is 13.5. The summed E-state index contributed by atoms with van der Waals surface area (Å²) in [6.45, 7) is 0. The zero-order valence-corrected chi connectivity index (χ0v) is 25.6. The summed E-state index contributed by atoms with van der Waals surface area (Å²) in [7, 11) is 0. The molecule has 6 heteroatoms. The van der Waals surface area contributed by atoms with Gasteiger partial charge in [-0.25, -0.2) is 0 Å². The SMILES string of the molecule is c1cc2sc3cc(-c4ccc5cc6cc7cc(-c8cc9sc%10ccsc%10c9s8)ccc7cc6cc5c4)sc3c2s1. The van der Waals surface area contributed by atoms with Gasteiger partial charge in [-0.05, 0) is 115 Å². The van der Waals surface area contributed by atoms with Crippen molar-refractivity contribution < 1.29 is 0 Å². The summed E-state index contributed by atoms with van der Waals surface area (Å²) in [6.07, 6.45) is 0. The van der Waals surface area contributed by atoms with E-state index < -0.39 is 0 Å². The van der Waals surface area contributed by atoms with Gasteiger partial charge in [0.05, 0.1) is 18.8 Å². The van der Waals surface area contributed by atoms with Crippen LogP contribution in [0.1, 0.15) is 0 Å². The summed E-state index contributed by atoms with van der Waals surface area (Å²) < 4.78 is 11.4. The molecule has 0 N–H and O–H groups in total. The van der Waals surface area contributed by atoms with Crippen molar-refractivity contribution >= 4 is 138 Å². The second-order valence-corrected chi connectivity index (χ2v) is 16.3. The first kappa shape index (κ1) is 22.6. The number of fused-ring (bicyclic) bond motifs is 9. The Morgan fingerprint density at radius 3 is 1.27 bits per heavy atom. The quantitative estimate of drug-likeness (QED) is 0.170. The number of hydrogen-bond acceptors (Lipinski definition) is 6. The molecule has 0 saturated carbocycles. The number of thiophene rings is 6. The van der Waals surface area contributed by atoms with Gasteiger partial charge in [0.15, 0.2) is 0 Å². The van der Waals surface area contributed by atoms with Crippen LogP contribution in [0.4, 0.5) is 0 Å². The third-order valence-electron chi connectivity index (χ3n) is 7.83. The molecule has 0 saturated heterocycles. The average Bonchev–Trinajstić information content (AvgIpc) is 3.78. The lowest BCUT2D eigenvalue weighted by atomic mass is 9.97. The molecule has 10 rings (SSSR count). The van der Waals surface area contributed by atoms with Gasteiger partial charge < -0.3 is 0 Å². The van der Waals surface area contributed by atoms with Crippen LogP contribution in [0.2, 0.25) is 0 Å². The minimum absolute atomic E-state index is 1.30. The molecule has 0 spiro atoms. The van der Waals surface area contributed by atoms with Crippen molar-refractivity contribution in [3.05, 3.63) is 95.7 Å². The molecule has 6 aromatic heterocycles. The van der Waals surface area contributed by atoms with Crippen LogP contribution >= 0.6 is 68.0 Å². The minimum atomic E-state index is 1.30. The highest BCUT2D eigenvalue weighted by Gasteiger charge is 2.14. The summed E-state index contributed by atoms with van der Waals surface area (Å²) >= 11 is 11.4. The molecule has 10 aromatic rings. The Morgan fingerprint density at radius 1 is 0.325 bits per heavy atom. The molecular weight excluding hydrogens is 601 g/mol. The van der Waals surface area contributed by atoms with Crippen LogP contribution in [-0.2, 0) is 0 Å². The largest absolute Gasteiger partial charge is 0.141 e. The maximum Gasteiger partial charge on any atom is 0.0635 e. The molecule has 0 aliphatic carbocycles. The van der Waals surface area contributed by atoms with Gasteiger partial charge in [-0.15, -0.1) is 68.0 Å². The van der Waals surface area contributed by atoms with E-state index in [1.54, 1.807) is 0 Å². The fourth-order valence-corrected chi connectivity index (χ4v) is 13.4. The standard InChI is InChI=1S/C34H16S6/c1-3-19(27-15-29-33(39-27)31-25(37-29)5-7-35-31)11-21-13-24-10-18-2-4-20(12-22(18)14-23(24)9-17(1)21)28-16-30-34(40-28)32-26(38-30)6-8-36-32/h1-16H. The van der Waals surface area contributed by atoms with Crippen molar-refractivity contribution in [2.24, 2.45) is 0 Å². The first-order valence-corrected chi connectivity index (χ1v) is 18.0. The summed E-state index contributed by atoms with van der Waals surface area (Å²) in [5.74, 6) is 0. The summed E-state index contributed by atoms with van der Waals surface area (Å²) in [5, 5.41) is 12.2. The van der Waals surface area contributed by atoms with E-state index in [9.17, 15) is 0 Å². The summed E-state index contributed by atoms with van der Waals surface area (Å²) in [4.78, 5) is 2.72. The van der Waals surface area contributed by atoms with Gasteiger partial charge in [-0.2, -0.15) is 0 Å². The molecule has 0 unspecified atom stereocenters. The molecule has 0 aliphatic rings. The van der Waals surface area contributed by atoms with Gasteiger partial charge in [0.25, 0.3) is 0 Å². The molecule has 0 amide bonds. The zero-order chi connectivity index (χ0) is 25.9. The fraction of sp³-hybridized carbons (Fsp3) is 0. The maximum absolute atomic E-state index is 2.38. The fourth-order valence-electron chi connectivity index (χ4n) is 5.88. The molecular formula is C34H16S6. The Labute approximate surface area is 252 Å². The predicted molar refractivity (Wildman–Crippen MR) is 187 cm³/mol. The van der Waals surface area contributed by atoms with Crippen molar-refractivity contribution in [1.82, 2.24) is 0 Å². The lowest BCUT2D eigenvalue weighted by Gasteiger charge is -2.08. The van der Waals surface area contributed by atoms with E-state index in [-0.39, 0.29) is 0 Å². The zero-order valence-electron chi connectivity index (χ0n) is 20.7. The first-order chi connectivity index (χ1) is 19.7. The second-order valence-electron chi connectivity index (χ2n) is 10.2. The van der Waals surface area contributed by atoms with Gasteiger partial charge >= 0.3 is 0 Å². The lowest BCUT2D eigenvalue weighted by Crippen LogP contribution is -1.81.